The van der Waals surface area contributed by atoms with Crippen molar-refractivity contribution >= 4 is 21.9 Å². The van der Waals surface area contributed by atoms with Gasteiger partial charge in [0.1, 0.15) is 5.75 Å². The van der Waals surface area contributed by atoms with E-state index in [0.29, 0.717) is 19.3 Å². The van der Waals surface area contributed by atoms with Crippen LogP contribution in [0.15, 0.2) is 22.7 Å². The third kappa shape index (κ3) is 3.09. The first kappa shape index (κ1) is 14.3. The maximum absolute atomic E-state index is 11.6. The Labute approximate surface area is 121 Å². The lowest BCUT2D eigenvalue weighted by Crippen LogP contribution is -2.43. The molecule has 0 aromatic heterocycles. The molecule has 0 radical (unpaired) electrons. The number of halogens is 1. The molecule has 0 bridgehead atoms. The van der Waals surface area contributed by atoms with Crippen molar-refractivity contribution in [1.82, 2.24) is 5.32 Å². The van der Waals surface area contributed by atoms with Crippen molar-refractivity contribution in [3.8, 4) is 5.75 Å². The summed E-state index contributed by atoms with van der Waals surface area (Å²) in [7, 11) is 1.62. The molecule has 1 aliphatic heterocycles. The molecule has 19 heavy (non-hydrogen) atoms. The van der Waals surface area contributed by atoms with E-state index in [-0.39, 0.29) is 0 Å². The van der Waals surface area contributed by atoms with Crippen LogP contribution in [0, 0.1) is 5.41 Å². The number of carboxylic acid groups (broad SMARTS) is 1. The van der Waals surface area contributed by atoms with Crippen LogP contribution < -0.4 is 10.1 Å². The molecule has 0 unspecified atom stereocenters. The molecule has 1 aromatic carbocycles. The lowest BCUT2D eigenvalue weighted by atomic mass is 9.74. The first-order valence-electron chi connectivity index (χ1n) is 6.34. The zero-order valence-corrected chi connectivity index (χ0v) is 12.5. The Kier molecular flexibility index (Phi) is 4.47. The topological polar surface area (TPSA) is 58.6 Å². The van der Waals surface area contributed by atoms with Crippen LogP contribution in [0.5, 0.6) is 5.75 Å². The van der Waals surface area contributed by atoms with Gasteiger partial charge in [0.2, 0.25) is 0 Å². The number of ether oxygens (including phenoxy) is 1. The molecule has 1 heterocycles. The first-order chi connectivity index (χ1) is 9.07. The van der Waals surface area contributed by atoms with Gasteiger partial charge in [-0.05, 0) is 66.0 Å². The molecule has 0 spiro atoms. The quantitative estimate of drug-likeness (QED) is 0.891. The minimum Gasteiger partial charge on any atom is -0.496 e. The maximum atomic E-state index is 11.6. The van der Waals surface area contributed by atoms with Gasteiger partial charge in [0.05, 0.1) is 17.0 Å². The van der Waals surface area contributed by atoms with Crippen molar-refractivity contribution in [3.05, 3.63) is 28.2 Å². The van der Waals surface area contributed by atoms with E-state index < -0.39 is 11.4 Å². The van der Waals surface area contributed by atoms with E-state index in [4.69, 9.17) is 4.74 Å². The van der Waals surface area contributed by atoms with E-state index >= 15 is 0 Å². The predicted molar refractivity (Wildman–Crippen MR) is 76.6 cm³/mol. The van der Waals surface area contributed by atoms with Gasteiger partial charge < -0.3 is 15.2 Å². The summed E-state index contributed by atoms with van der Waals surface area (Å²) in [5.74, 6) is 0.0689. The van der Waals surface area contributed by atoms with E-state index in [1.54, 1.807) is 7.11 Å². The third-order valence-electron chi connectivity index (χ3n) is 3.77. The fourth-order valence-electron chi connectivity index (χ4n) is 2.58. The second-order valence-electron chi connectivity index (χ2n) is 4.98. The molecule has 5 heteroatoms. The summed E-state index contributed by atoms with van der Waals surface area (Å²) in [5.41, 5.74) is 0.385. The Balaban J connectivity index is 2.22. The molecule has 0 amide bonds. The number of rotatable bonds is 4. The normalized spacial score (nSPS) is 18.0. The molecule has 0 aliphatic carbocycles. The van der Waals surface area contributed by atoms with Gasteiger partial charge in [-0.3, -0.25) is 4.79 Å². The average molecular weight is 328 g/mol. The van der Waals surface area contributed by atoms with Gasteiger partial charge in [-0.2, -0.15) is 0 Å². The van der Waals surface area contributed by atoms with Gasteiger partial charge in [-0.1, -0.05) is 6.07 Å². The number of nitrogens with one attached hydrogen (secondary N) is 1. The summed E-state index contributed by atoms with van der Waals surface area (Å²) >= 11 is 3.44. The average Bonchev–Trinajstić information content (AvgIpc) is 2.40. The highest BCUT2D eigenvalue weighted by Gasteiger charge is 2.39. The van der Waals surface area contributed by atoms with Crippen molar-refractivity contribution in [3.63, 3.8) is 0 Å². The van der Waals surface area contributed by atoms with Crippen LogP contribution in [0.3, 0.4) is 0 Å². The Hall–Kier alpha value is -1.07. The molecule has 1 aromatic rings. The van der Waals surface area contributed by atoms with E-state index in [1.165, 1.54) is 0 Å². The number of carboxylic acids is 1. The van der Waals surface area contributed by atoms with Crippen LogP contribution in [-0.2, 0) is 11.2 Å². The summed E-state index contributed by atoms with van der Waals surface area (Å²) < 4.78 is 6.05. The summed E-state index contributed by atoms with van der Waals surface area (Å²) in [4.78, 5) is 11.6. The molecule has 104 valence electrons. The predicted octanol–water partition coefficient (Wildman–Crippen LogP) is 2.45. The molecule has 1 fully saturated rings. The summed E-state index contributed by atoms with van der Waals surface area (Å²) in [6.07, 6.45) is 1.91. The fraction of sp³-hybridized carbons (Fsp3) is 0.500. The Morgan fingerprint density at radius 2 is 2.16 bits per heavy atom. The zero-order chi connectivity index (χ0) is 13.9. The number of carbonyl (C=O) groups is 1. The summed E-state index contributed by atoms with van der Waals surface area (Å²) in [6.45, 7) is 1.53. The minimum absolute atomic E-state index is 0.562. The third-order valence-corrected chi connectivity index (χ3v) is 4.39. The second kappa shape index (κ2) is 5.92. The van der Waals surface area contributed by atoms with Crippen molar-refractivity contribution < 1.29 is 14.6 Å². The van der Waals surface area contributed by atoms with Gasteiger partial charge in [0.15, 0.2) is 0 Å². The van der Waals surface area contributed by atoms with Gasteiger partial charge >= 0.3 is 5.97 Å². The van der Waals surface area contributed by atoms with E-state index in [9.17, 15) is 9.90 Å². The van der Waals surface area contributed by atoms with E-state index in [1.807, 2.05) is 18.2 Å². The van der Waals surface area contributed by atoms with Crippen molar-refractivity contribution in [1.29, 1.82) is 0 Å². The number of benzene rings is 1. The Bertz CT molecular complexity index is 470. The van der Waals surface area contributed by atoms with E-state index in [0.717, 1.165) is 28.9 Å². The van der Waals surface area contributed by atoms with Gasteiger partial charge in [0.25, 0.3) is 0 Å². The maximum Gasteiger partial charge on any atom is 0.310 e. The standard InChI is InChI=1S/C14H18BrNO3/c1-19-12-3-2-10(8-11(12)15)9-14(13(17)18)4-6-16-7-5-14/h2-3,8,16H,4-7,9H2,1H3,(H,17,18). The first-order valence-corrected chi connectivity index (χ1v) is 7.13. The fourth-order valence-corrected chi connectivity index (χ4v) is 3.17. The summed E-state index contributed by atoms with van der Waals surface area (Å²) in [6, 6.07) is 5.76. The molecule has 1 saturated heterocycles. The van der Waals surface area contributed by atoms with Crippen LogP contribution in [0.25, 0.3) is 0 Å². The Morgan fingerprint density at radius 1 is 1.47 bits per heavy atom. The highest BCUT2D eigenvalue weighted by Crippen LogP contribution is 2.35. The number of hydrogen-bond acceptors (Lipinski definition) is 3. The minimum atomic E-state index is -0.694. The largest absolute Gasteiger partial charge is 0.496 e. The van der Waals surface area contributed by atoms with Crippen molar-refractivity contribution in [2.75, 3.05) is 20.2 Å². The second-order valence-corrected chi connectivity index (χ2v) is 5.84. The molecular formula is C14H18BrNO3. The number of aliphatic carboxylic acids is 1. The van der Waals surface area contributed by atoms with Gasteiger partial charge in [-0.15, -0.1) is 0 Å². The molecule has 0 saturated carbocycles. The molecule has 1 aliphatic rings. The van der Waals surface area contributed by atoms with Crippen LogP contribution in [0.2, 0.25) is 0 Å². The lowest BCUT2D eigenvalue weighted by Gasteiger charge is -2.33. The number of piperidine rings is 1. The molecule has 2 rings (SSSR count). The monoisotopic (exact) mass is 327 g/mol. The van der Waals surface area contributed by atoms with Crippen LogP contribution in [-0.4, -0.2) is 31.3 Å². The lowest BCUT2D eigenvalue weighted by molar-refractivity contribution is -0.150. The SMILES string of the molecule is COc1ccc(CC2(C(=O)O)CCNCC2)cc1Br. The van der Waals surface area contributed by atoms with Gasteiger partial charge in [0, 0.05) is 0 Å². The van der Waals surface area contributed by atoms with Crippen molar-refractivity contribution in [2.24, 2.45) is 5.41 Å². The summed E-state index contributed by atoms with van der Waals surface area (Å²) in [5, 5.41) is 12.8. The molecule has 0 atom stereocenters. The van der Waals surface area contributed by atoms with Crippen LogP contribution >= 0.6 is 15.9 Å². The zero-order valence-electron chi connectivity index (χ0n) is 10.9. The smallest absolute Gasteiger partial charge is 0.310 e. The molecule has 4 nitrogen and oxygen atoms in total. The van der Waals surface area contributed by atoms with Crippen LogP contribution in [0.1, 0.15) is 18.4 Å². The highest BCUT2D eigenvalue weighted by atomic mass is 79.9. The van der Waals surface area contributed by atoms with E-state index in [2.05, 4.69) is 21.2 Å². The van der Waals surface area contributed by atoms with Crippen LogP contribution in [0.4, 0.5) is 0 Å². The van der Waals surface area contributed by atoms with Gasteiger partial charge in [-0.25, -0.2) is 0 Å². The molecular weight excluding hydrogens is 310 g/mol. The Morgan fingerprint density at radius 3 is 2.68 bits per heavy atom. The number of methoxy groups -OCH3 is 1. The molecule has 2 N–H and O–H groups in total. The van der Waals surface area contributed by atoms with Crippen molar-refractivity contribution in [2.45, 2.75) is 19.3 Å². The highest BCUT2D eigenvalue weighted by molar-refractivity contribution is 9.10. The number of hydrogen-bond donors (Lipinski definition) is 2.